The number of nitrogens with zero attached hydrogens (tertiary/aromatic N) is 1. The predicted molar refractivity (Wildman–Crippen MR) is 73.8 cm³/mol. The highest BCUT2D eigenvalue weighted by Gasteiger charge is 2.31. The highest BCUT2D eigenvalue weighted by molar-refractivity contribution is 5.79. The summed E-state index contributed by atoms with van der Waals surface area (Å²) in [5, 5.41) is 3.04. The van der Waals surface area contributed by atoms with Crippen molar-refractivity contribution in [2.45, 2.75) is 31.5 Å². The standard InChI is InChI=1S/C15H19F3N2O/c1-19-10-13-6-3-7-20(13)14(21)9-11-4-2-5-12(8-11)15(16,17)18/h2,4-5,8,13,19H,3,6-7,9-10H2,1H3. The van der Waals surface area contributed by atoms with Crippen LogP contribution in [0, 0.1) is 0 Å². The average molecular weight is 300 g/mol. The zero-order valence-electron chi connectivity index (χ0n) is 11.9. The minimum atomic E-state index is -4.37. The van der Waals surface area contributed by atoms with E-state index in [2.05, 4.69) is 5.32 Å². The molecule has 1 aromatic carbocycles. The van der Waals surface area contributed by atoms with E-state index in [4.69, 9.17) is 0 Å². The first-order valence-electron chi connectivity index (χ1n) is 7.02. The van der Waals surface area contributed by atoms with E-state index in [1.807, 2.05) is 7.05 Å². The Hall–Kier alpha value is -1.56. The van der Waals surface area contributed by atoms with Crippen LogP contribution in [0.25, 0.3) is 0 Å². The van der Waals surface area contributed by atoms with E-state index in [-0.39, 0.29) is 18.4 Å². The van der Waals surface area contributed by atoms with Gasteiger partial charge in [-0.2, -0.15) is 13.2 Å². The van der Waals surface area contributed by atoms with Gasteiger partial charge in [-0.3, -0.25) is 4.79 Å². The maximum atomic E-state index is 12.7. The van der Waals surface area contributed by atoms with Crippen LogP contribution < -0.4 is 5.32 Å². The van der Waals surface area contributed by atoms with Gasteiger partial charge in [-0.1, -0.05) is 18.2 Å². The van der Waals surface area contributed by atoms with Gasteiger partial charge in [-0.05, 0) is 31.5 Å². The van der Waals surface area contributed by atoms with Crippen LogP contribution in [0.5, 0.6) is 0 Å². The molecule has 1 saturated heterocycles. The third-order valence-corrected chi connectivity index (χ3v) is 3.75. The molecule has 0 aliphatic carbocycles. The van der Waals surface area contributed by atoms with Gasteiger partial charge in [0.05, 0.1) is 12.0 Å². The molecule has 116 valence electrons. The molecule has 2 rings (SSSR count). The summed E-state index contributed by atoms with van der Waals surface area (Å²) in [6.45, 7) is 1.40. The first-order valence-corrected chi connectivity index (χ1v) is 7.02. The second-order valence-electron chi connectivity index (χ2n) is 5.32. The van der Waals surface area contributed by atoms with Crippen molar-refractivity contribution in [3.05, 3.63) is 35.4 Å². The Kier molecular flexibility index (Phi) is 4.88. The zero-order chi connectivity index (χ0) is 15.5. The number of amides is 1. The SMILES string of the molecule is CNCC1CCCN1C(=O)Cc1cccc(C(F)(F)F)c1. The number of hydrogen-bond acceptors (Lipinski definition) is 2. The lowest BCUT2D eigenvalue weighted by Gasteiger charge is -2.24. The van der Waals surface area contributed by atoms with Crippen molar-refractivity contribution in [2.75, 3.05) is 20.1 Å². The van der Waals surface area contributed by atoms with E-state index in [9.17, 15) is 18.0 Å². The first kappa shape index (κ1) is 15.8. The Morgan fingerprint density at radius 3 is 2.86 bits per heavy atom. The monoisotopic (exact) mass is 300 g/mol. The molecule has 1 amide bonds. The van der Waals surface area contributed by atoms with Gasteiger partial charge in [0.2, 0.25) is 5.91 Å². The highest BCUT2D eigenvalue weighted by Crippen LogP contribution is 2.29. The van der Waals surface area contributed by atoms with Gasteiger partial charge in [-0.25, -0.2) is 0 Å². The number of hydrogen-bond donors (Lipinski definition) is 1. The number of halogens is 3. The Bertz CT molecular complexity index is 502. The average Bonchev–Trinajstić information content (AvgIpc) is 2.87. The first-order chi connectivity index (χ1) is 9.91. The molecule has 3 nitrogen and oxygen atoms in total. The molecule has 6 heteroatoms. The largest absolute Gasteiger partial charge is 0.416 e. The van der Waals surface area contributed by atoms with Crippen LogP contribution in [-0.4, -0.2) is 37.0 Å². The van der Waals surface area contributed by atoms with E-state index in [0.29, 0.717) is 18.7 Å². The maximum Gasteiger partial charge on any atom is 0.416 e. The van der Waals surface area contributed by atoms with Crippen molar-refractivity contribution >= 4 is 5.91 Å². The fourth-order valence-electron chi connectivity index (χ4n) is 2.75. The molecule has 1 fully saturated rings. The molecule has 0 saturated carbocycles. The highest BCUT2D eigenvalue weighted by atomic mass is 19.4. The fourth-order valence-corrected chi connectivity index (χ4v) is 2.75. The van der Waals surface area contributed by atoms with Crippen molar-refractivity contribution in [3.8, 4) is 0 Å². The second-order valence-corrected chi connectivity index (χ2v) is 5.32. The molecule has 1 aliphatic heterocycles. The molecule has 0 spiro atoms. The summed E-state index contributed by atoms with van der Waals surface area (Å²) in [6, 6.07) is 5.14. The van der Waals surface area contributed by atoms with Crippen molar-refractivity contribution in [2.24, 2.45) is 0 Å². The van der Waals surface area contributed by atoms with Crippen LogP contribution in [0.15, 0.2) is 24.3 Å². The third kappa shape index (κ3) is 3.97. The molecule has 1 N–H and O–H groups in total. The van der Waals surface area contributed by atoms with Crippen LogP contribution in [-0.2, 0) is 17.4 Å². The Morgan fingerprint density at radius 1 is 1.43 bits per heavy atom. The van der Waals surface area contributed by atoms with Crippen LogP contribution in [0.1, 0.15) is 24.0 Å². The molecule has 21 heavy (non-hydrogen) atoms. The van der Waals surface area contributed by atoms with Crippen LogP contribution in [0.4, 0.5) is 13.2 Å². The lowest BCUT2D eigenvalue weighted by molar-refractivity contribution is -0.138. The van der Waals surface area contributed by atoms with Crippen molar-refractivity contribution in [1.29, 1.82) is 0 Å². The summed E-state index contributed by atoms with van der Waals surface area (Å²) < 4.78 is 38.0. The normalized spacial score (nSPS) is 19.0. The van der Waals surface area contributed by atoms with Crippen molar-refractivity contribution in [1.82, 2.24) is 10.2 Å². The molecule has 1 unspecified atom stereocenters. The molecule has 1 atom stereocenters. The summed E-state index contributed by atoms with van der Waals surface area (Å²) in [7, 11) is 1.83. The van der Waals surface area contributed by atoms with Gasteiger partial charge in [0.25, 0.3) is 0 Å². The maximum absolute atomic E-state index is 12.7. The van der Waals surface area contributed by atoms with Crippen LogP contribution >= 0.6 is 0 Å². The van der Waals surface area contributed by atoms with E-state index in [1.165, 1.54) is 6.07 Å². The molecule has 1 aliphatic rings. The number of likely N-dealkylation sites (tertiary alicyclic amines) is 1. The number of nitrogens with one attached hydrogen (secondary N) is 1. The summed E-state index contributed by atoms with van der Waals surface area (Å²) in [5.41, 5.74) is -0.300. The zero-order valence-corrected chi connectivity index (χ0v) is 11.9. The van der Waals surface area contributed by atoms with Gasteiger partial charge < -0.3 is 10.2 Å². The number of benzene rings is 1. The molecule has 0 radical (unpaired) electrons. The van der Waals surface area contributed by atoms with Crippen molar-refractivity contribution < 1.29 is 18.0 Å². The van der Waals surface area contributed by atoms with Gasteiger partial charge in [0.1, 0.15) is 0 Å². The summed E-state index contributed by atoms with van der Waals surface area (Å²) in [4.78, 5) is 14.1. The fraction of sp³-hybridized carbons (Fsp3) is 0.533. The van der Waals surface area contributed by atoms with Gasteiger partial charge in [0.15, 0.2) is 0 Å². The quantitative estimate of drug-likeness (QED) is 0.926. The van der Waals surface area contributed by atoms with E-state index < -0.39 is 11.7 Å². The van der Waals surface area contributed by atoms with Crippen LogP contribution in [0.3, 0.4) is 0 Å². The lowest BCUT2D eigenvalue weighted by atomic mass is 10.1. The Morgan fingerprint density at radius 2 is 2.19 bits per heavy atom. The smallest absolute Gasteiger partial charge is 0.338 e. The van der Waals surface area contributed by atoms with Crippen molar-refractivity contribution in [3.63, 3.8) is 0 Å². The van der Waals surface area contributed by atoms with Crippen LogP contribution in [0.2, 0.25) is 0 Å². The molecule has 1 aromatic rings. The van der Waals surface area contributed by atoms with E-state index >= 15 is 0 Å². The molecular weight excluding hydrogens is 281 g/mol. The molecular formula is C15H19F3N2O. The number of likely N-dealkylation sites (N-methyl/N-ethyl adjacent to an activating group) is 1. The van der Waals surface area contributed by atoms with E-state index in [0.717, 1.165) is 25.0 Å². The summed E-state index contributed by atoms with van der Waals surface area (Å²) >= 11 is 0. The minimum absolute atomic E-state index is 0.0180. The Balaban J connectivity index is 2.06. The number of carbonyl (C=O) groups is 1. The third-order valence-electron chi connectivity index (χ3n) is 3.75. The van der Waals surface area contributed by atoms with Gasteiger partial charge in [0, 0.05) is 19.1 Å². The topological polar surface area (TPSA) is 32.3 Å². The number of rotatable bonds is 4. The predicted octanol–water partition coefficient (Wildman–Crippen LogP) is 2.46. The summed E-state index contributed by atoms with van der Waals surface area (Å²) in [5.74, 6) is -0.105. The molecule has 1 heterocycles. The number of alkyl halides is 3. The molecule has 0 aromatic heterocycles. The summed E-state index contributed by atoms with van der Waals surface area (Å²) in [6.07, 6.45) is -2.47. The van der Waals surface area contributed by atoms with Gasteiger partial charge >= 0.3 is 6.18 Å². The lowest BCUT2D eigenvalue weighted by Crippen LogP contribution is -2.41. The van der Waals surface area contributed by atoms with E-state index in [1.54, 1.807) is 11.0 Å². The minimum Gasteiger partial charge on any atom is -0.338 e. The van der Waals surface area contributed by atoms with Gasteiger partial charge in [-0.15, -0.1) is 0 Å². The number of carbonyl (C=O) groups excluding carboxylic acids is 1. The second kappa shape index (κ2) is 6.47. The Labute approximate surface area is 122 Å². The molecule has 0 bridgehead atoms.